The van der Waals surface area contributed by atoms with Crippen molar-refractivity contribution >= 4 is 0 Å². The molecule has 0 saturated carbocycles. The molecule has 5 rings (SSSR count). The highest BCUT2D eigenvalue weighted by molar-refractivity contribution is 5.31. The summed E-state index contributed by atoms with van der Waals surface area (Å²) in [5, 5.41) is 0. The van der Waals surface area contributed by atoms with Gasteiger partial charge in [-0.1, -0.05) is 97.1 Å². The fraction of sp³-hybridized carbons (Fsp3) is 0.143. The molecule has 40 heavy (non-hydrogen) atoms. The quantitative estimate of drug-likeness (QED) is 0.0822. The lowest BCUT2D eigenvalue weighted by Gasteiger charge is -2.10. The van der Waals surface area contributed by atoms with Gasteiger partial charge in [-0.3, -0.25) is 0 Å². The number of hydrogen-bond donors (Lipinski definition) is 0. The van der Waals surface area contributed by atoms with E-state index in [1.54, 1.807) is 0 Å². The van der Waals surface area contributed by atoms with E-state index in [1.807, 2.05) is 121 Å². The van der Waals surface area contributed by atoms with Gasteiger partial charge in [-0.2, -0.15) is 0 Å². The molecule has 5 nitrogen and oxygen atoms in total. The van der Waals surface area contributed by atoms with E-state index in [9.17, 15) is 0 Å². The van der Waals surface area contributed by atoms with E-state index < -0.39 is 0 Å². The molecule has 0 fully saturated rings. The second-order valence-electron chi connectivity index (χ2n) is 9.29. The molecule has 0 aliphatic heterocycles. The Morgan fingerprint density at radius 3 is 0.900 bits per heavy atom. The maximum absolute atomic E-state index is 5.95. The summed E-state index contributed by atoms with van der Waals surface area (Å²) >= 11 is 0. The Balaban J connectivity index is 0.995. The van der Waals surface area contributed by atoms with Crippen molar-refractivity contribution < 1.29 is 24.0 Å². The largest absolute Gasteiger partial charge is 0.489 e. The Bertz CT molecular complexity index is 1400. The minimum absolute atomic E-state index is 0.376. The van der Waals surface area contributed by atoms with Gasteiger partial charge in [0.15, 0.2) is 0 Å². The molecular formula is C35H32O5. The fourth-order valence-electron chi connectivity index (χ4n) is 3.91. The summed E-state index contributed by atoms with van der Waals surface area (Å²) in [6, 6.07) is 43.8. The van der Waals surface area contributed by atoms with Crippen molar-refractivity contribution in [2.24, 2.45) is 0 Å². The zero-order valence-electron chi connectivity index (χ0n) is 22.3. The lowest BCUT2D eigenvalue weighted by Crippen LogP contribution is -1.99. The summed E-state index contributed by atoms with van der Waals surface area (Å²) in [5.74, 6) is 2.45. The minimum atomic E-state index is 0.376. The monoisotopic (exact) mass is 532 g/mol. The molecule has 0 aliphatic carbocycles. The average Bonchev–Trinajstić information content (AvgIpc) is 3.03. The van der Waals surface area contributed by atoms with E-state index in [-0.39, 0.29) is 0 Å². The maximum Gasteiger partial charge on any atom is 0.119 e. The third-order valence-corrected chi connectivity index (χ3v) is 6.21. The van der Waals surface area contributed by atoms with Crippen LogP contribution in [0.25, 0.3) is 0 Å². The van der Waals surface area contributed by atoms with E-state index >= 15 is 0 Å². The summed E-state index contributed by atoms with van der Waals surface area (Å²) in [6.07, 6.45) is 0. The third-order valence-electron chi connectivity index (χ3n) is 6.21. The van der Waals surface area contributed by atoms with E-state index in [4.69, 9.17) is 24.0 Å². The van der Waals surface area contributed by atoms with Gasteiger partial charge in [0.2, 0.25) is 0 Å². The second kappa shape index (κ2) is 14.5. The molecule has 0 amide bonds. The topological polar surface area (TPSA) is 46.2 Å². The van der Waals surface area contributed by atoms with Crippen LogP contribution < -0.4 is 14.2 Å². The van der Waals surface area contributed by atoms with Crippen molar-refractivity contribution in [3.05, 3.63) is 161 Å². The van der Waals surface area contributed by atoms with Crippen LogP contribution in [0.1, 0.15) is 27.8 Å². The Labute approximate surface area is 235 Å². The van der Waals surface area contributed by atoms with Crippen LogP contribution in [0.2, 0.25) is 0 Å². The molecule has 5 aromatic rings. The molecule has 0 radical (unpaired) electrons. The maximum atomic E-state index is 5.95. The molecule has 0 atom stereocenters. The first-order valence-electron chi connectivity index (χ1n) is 13.3. The molecule has 0 bridgehead atoms. The van der Waals surface area contributed by atoms with Crippen molar-refractivity contribution in [3.8, 4) is 17.2 Å². The van der Waals surface area contributed by atoms with Gasteiger partial charge in [0.05, 0.1) is 0 Å². The van der Waals surface area contributed by atoms with Crippen LogP contribution >= 0.6 is 0 Å². The van der Waals surface area contributed by atoms with E-state index in [1.165, 1.54) is 0 Å². The normalized spacial score (nSPS) is 10.7. The Morgan fingerprint density at radius 2 is 0.550 bits per heavy atom. The van der Waals surface area contributed by atoms with Crippen molar-refractivity contribution in [1.82, 2.24) is 0 Å². The molecule has 5 aromatic carbocycles. The highest BCUT2D eigenvalue weighted by Gasteiger charge is 2.02. The van der Waals surface area contributed by atoms with Crippen LogP contribution in [0.3, 0.4) is 0 Å². The average molecular weight is 533 g/mol. The second-order valence-corrected chi connectivity index (χ2v) is 9.29. The lowest BCUT2D eigenvalue weighted by molar-refractivity contribution is -0.313. The van der Waals surface area contributed by atoms with Crippen LogP contribution in [0.15, 0.2) is 133 Å². The van der Waals surface area contributed by atoms with Crippen LogP contribution in [-0.2, 0) is 42.8 Å². The Hall–Kier alpha value is -4.58. The predicted octanol–water partition coefficient (Wildman–Crippen LogP) is 8.07. The van der Waals surface area contributed by atoms with E-state index in [0.29, 0.717) is 33.0 Å². The predicted molar refractivity (Wildman–Crippen MR) is 155 cm³/mol. The van der Waals surface area contributed by atoms with Gasteiger partial charge in [-0.25, -0.2) is 9.78 Å². The van der Waals surface area contributed by atoms with Gasteiger partial charge < -0.3 is 14.2 Å². The molecule has 0 N–H and O–H groups in total. The first-order chi connectivity index (χ1) is 19.8. The van der Waals surface area contributed by atoms with Gasteiger partial charge >= 0.3 is 0 Å². The summed E-state index contributed by atoms with van der Waals surface area (Å²) in [7, 11) is 0. The molecule has 0 saturated heterocycles. The molecule has 0 heterocycles. The van der Waals surface area contributed by atoms with Gasteiger partial charge in [0.1, 0.15) is 50.3 Å². The number of benzene rings is 5. The minimum Gasteiger partial charge on any atom is -0.489 e. The summed E-state index contributed by atoms with van der Waals surface area (Å²) in [5.41, 5.74) is 5.37. The number of ether oxygens (including phenoxy) is 3. The standard InChI is InChI=1S/C35H32O5/c1-3-7-28(8-4-1)23-36-33-17-11-30(12-18-33)24-37-34-19-13-31(14-20-34)25-38-35-21-15-32(16-22-35)27-40-39-26-29-9-5-2-6-10-29/h1-22H,23-27H2. The van der Waals surface area contributed by atoms with Gasteiger partial charge in [0, 0.05) is 0 Å². The van der Waals surface area contributed by atoms with E-state index in [0.717, 1.165) is 45.1 Å². The van der Waals surface area contributed by atoms with E-state index in [2.05, 4.69) is 12.1 Å². The number of hydrogen-bond acceptors (Lipinski definition) is 5. The molecule has 0 spiro atoms. The smallest absolute Gasteiger partial charge is 0.119 e. The number of rotatable bonds is 14. The molecule has 0 unspecified atom stereocenters. The first kappa shape index (κ1) is 27.0. The van der Waals surface area contributed by atoms with Crippen LogP contribution in [0, 0.1) is 0 Å². The van der Waals surface area contributed by atoms with Crippen LogP contribution in [0.4, 0.5) is 0 Å². The zero-order chi connectivity index (χ0) is 27.2. The third kappa shape index (κ3) is 8.73. The van der Waals surface area contributed by atoms with Crippen molar-refractivity contribution in [1.29, 1.82) is 0 Å². The molecular weight excluding hydrogens is 500 g/mol. The zero-order valence-corrected chi connectivity index (χ0v) is 22.3. The molecule has 5 heteroatoms. The van der Waals surface area contributed by atoms with Gasteiger partial charge in [0.25, 0.3) is 0 Å². The highest BCUT2D eigenvalue weighted by Crippen LogP contribution is 2.19. The van der Waals surface area contributed by atoms with Crippen molar-refractivity contribution in [2.75, 3.05) is 0 Å². The molecule has 0 aliphatic rings. The SMILES string of the molecule is c1ccc(COOCc2ccc(OCc3ccc(OCc4ccc(OCc5ccccc5)cc4)cc3)cc2)cc1. The van der Waals surface area contributed by atoms with Crippen molar-refractivity contribution in [2.45, 2.75) is 33.0 Å². The van der Waals surface area contributed by atoms with Crippen LogP contribution in [0.5, 0.6) is 17.2 Å². The Morgan fingerprint density at radius 1 is 0.275 bits per heavy atom. The lowest BCUT2D eigenvalue weighted by atomic mass is 10.2. The molecule has 202 valence electrons. The summed E-state index contributed by atoms with van der Waals surface area (Å²) < 4.78 is 17.7. The van der Waals surface area contributed by atoms with Gasteiger partial charge in [-0.05, 0) is 64.2 Å². The first-order valence-corrected chi connectivity index (χ1v) is 13.3. The summed E-state index contributed by atoms with van der Waals surface area (Å²) in [6.45, 7) is 2.31. The van der Waals surface area contributed by atoms with Crippen LogP contribution in [-0.4, -0.2) is 0 Å². The van der Waals surface area contributed by atoms with Gasteiger partial charge in [-0.15, -0.1) is 0 Å². The summed E-state index contributed by atoms with van der Waals surface area (Å²) in [4.78, 5) is 10.6. The fourth-order valence-corrected chi connectivity index (χ4v) is 3.91. The Kier molecular flexibility index (Phi) is 9.82. The van der Waals surface area contributed by atoms with Crippen molar-refractivity contribution in [3.63, 3.8) is 0 Å². The highest BCUT2D eigenvalue weighted by atomic mass is 17.2. The molecule has 0 aromatic heterocycles.